The number of para-hydroxylation sites is 1. The zero-order chi connectivity index (χ0) is 20.2. The van der Waals surface area contributed by atoms with Crippen LogP contribution in [-0.2, 0) is 6.54 Å². The Hall–Kier alpha value is -2.31. The van der Waals surface area contributed by atoms with Crippen molar-refractivity contribution in [2.75, 3.05) is 19.3 Å². The summed E-state index contributed by atoms with van der Waals surface area (Å²) in [7, 11) is 0. The van der Waals surface area contributed by atoms with E-state index in [2.05, 4.69) is 23.3 Å². The summed E-state index contributed by atoms with van der Waals surface area (Å²) < 4.78 is 25.6. The van der Waals surface area contributed by atoms with Gasteiger partial charge in [0.05, 0.1) is 5.69 Å². The van der Waals surface area contributed by atoms with Crippen molar-refractivity contribution < 1.29 is 13.5 Å². The number of aromatic nitrogens is 1. The number of hydrogen-bond donors (Lipinski definition) is 0. The number of ether oxygens (including phenoxy) is 1. The van der Waals surface area contributed by atoms with Gasteiger partial charge in [-0.15, -0.1) is 11.8 Å². The summed E-state index contributed by atoms with van der Waals surface area (Å²) in [6, 6.07) is 14.9. The van der Waals surface area contributed by atoms with Crippen LogP contribution in [0.1, 0.15) is 24.3 Å². The van der Waals surface area contributed by atoms with Gasteiger partial charge in [-0.3, -0.25) is 4.90 Å². The molecular formula is C23H25FN2O2S. The summed E-state index contributed by atoms with van der Waals surface area (Å²) in [6.45, 7) is 4.51. The summed E-state index contributed by atoms with van der Waals surface area (Å²) in [5.41, 5.74) is 1.97. The fourth-order valence-electron chi connectivity index (χ4n) is 3.55. The van der Waals surface area contributed by atoms with Crippen molar-refractivity contribution in [3.8, 4) is 17.2 Å². The lowest BCUT2D eigenvalue weighted by atomic mass is 10.1. The zero-order valence-electron chi connectivity index (χ0n) is 16.7. The number of piperidine rings is 1. The summed E-state index contributed by atoms with van der Waals surface area (Å²) in [5.74, 6) is 1.57. The lowest BCUT2D eigenvalue weighted by Gasteiger charge is -2.31. The molecule has 1 aliphatic rings. The van der Waals surface area contributed by atoms with Crippen molar-refractivity contribution >= 4 is 11.8 Å². The van der Waals surface area contributed by atoms with Crippen molar-refractivity contribution in [2.24, 2.45) is 0 Å². The minimum absolute atomic E-state index is 0.0482. The molecular weight excluding hydrogens is 387 g/mol. The Morgan fingerprint density at radius 2 is 1.86 bits per heavy atom. The maximum absolute atomic E-state index is 13.8. The molecule has 2 heterocycles. The van der Waals surface area contributed by atoms with Gasteiger partial charge in [0.2, 0.25) is 5.89 Å². The Bertz CT molecular complexity index is 950. The number of benzene rings is 2. The van der Waals surface area contributed by atoms with Gasteiger partial charge < -0.3 is 9.15 Å². The van der Waals surface area contributed by atoms with E-state index < -0.39 is 0 Å². The van der Waals surface area contributed by atoms with E-state index in [1.165, 1.54) is 11.0 Å². The number of thioether (sulfide) groups is 1. The van der Waals surface area contributed by atoms with E-state index in [1.54, 1.807) is 30.0 Å². The SMILES string of the molecule is CSc1ccc(-c2nc(CN3CCC(Oc4ccccc4F)CC3)c(C)o2)cc1. The number of oxazole rings is 1. The molecule has 0 amide bonds. The van der Waals surface area contributed by atoms with Crippen LogP contribution in [0.15, 0.2) is 57.8 Å². The Morgan fingerprint density at radius 3 is 2.55 bits per heavy atom. The molecule has 4 rings (SSSR count). The molecule has 1 fully saturated rings. The first-order valence-corrected chi connectivity index (χ1v) is 11.1. The first kappa shape index (κ1) is 20.0. The van der Waals surface area contributed by atoms with Crippen molar-refractivity contribution in [3.63, 3.8) is 0 Å². The van der Waals surface area contributed by atoms with Crippen LogP contribution < -0.4 is 4.74 Å². The van der Waals surface area contributed by atoms with E-state index in [0.717, 1.165) is 49.5 Å². The molecule has 3 aromatic rings. The van der Waals surface area contributed by atoms with Crippen LogP contribution >= 0.6 is 11.8 Å². The van der Waals surface area contributed by atoms with Crippen molar-refractivity contribution in [1.29, 1.82) is 0 Å². The number of likely N-dealkylation sites (tertiary alicyclic amines) is 1. The molecule has 0 bridgehead atoms. The molecule has 1 saturated heterocycles. The van der Waals surface area contributed by atoms with Gasteiger partial charge in [-0.25, -0.2) is 9.37 Å². The molecule has 1 aromatic heterocycles. The van der Waals surface area contributed by atoms with Gasteiger partial charge in [0.1, 0.15) is 11.9 Å². The molecule has 2 aromatic carbocycles. The lowest BCUT2D eigenvalue weighted by molar-refractivity contribution is 0.0927. The normalized spacial score (nSPS) is 15.6. The fourth-order valence-corrected chi connectivity index (χ4v) is 3.96. The van der Waals surface area contributed by atoms with Gasteiger partial charge in [0.25, 0.3) is 0 Å². The second kappa shape index (κ2) is 9.01. The average molecular weight is 413 g/mol. The molecule has 0 aliphatic carbocycles. The van der Waals surface area contributed by atoms with Crippen molar-refractivity contribution in [3.05, 3.63) is 65.8 Å². The standard InChI is InChI=1S/C23H25FN2O2S/c1-16-21(25-23(27-16)17-7-9-19(29-2)10-8-17)15-26-13-11-18(12-14-26)28-22-6-4-3-5-20(22)24/h3-10,18H,11-15H2,1-2H3. The van der Waals surface area contributed by atoms with Crippen LogP contribution in [0.4, 0.5) is 4.39 Å². The monoisotopic (exact) mass is 412 g/mol. The highest BCUT2D eigenvalue weighted by Crippen LogP contribution is 2.26. The molecule has 0 N–H and O–H groups in total. The first-order chi connectivity index (χ1) is 14.1. The minimum Gasteiger partial charge on any atom is -0.487 e. The Kier molecular flexibility index (Phi) is 6.21. The van der Waals surface area contributed by atoms with E-state index >= 15 is 0 Å². The van der Waals surface area contributed by atoms with Crippen LogP contribution in [0, 0.1) is 12.7 Å². The van der Waals surface area contributed by atoms with Crippen LogP contribution in [0.3, 0.4) is 0 Å². The molecule has 0 unspecified atom stereocenters. The first-order valence-electron chi connectivity index (χ1n) is 9.86. The smallest absolute Gasteiger partial charge is 0.226 e. The second-order valence-corrected chi connectivity index (χ2v) is 8.15. The van der Waals surface area contributed by atoms with Gasteiger partial charge in [-0.2, -0.15) is 0 Å². The summed E-state index contributed by atoms with van der Waals surface area (Å²) >= 11 is 1.72. The van der Waals surface area contributed by atoms with E-state index in [-0.39, 0.29) is 11.9 Å². The Balaban J connectivity index is 1.34. The van der Waals surface area contributed by atoms with Gasteiger partial charge in [0.15, 0.2) is 11.6 Å². The molecule has 0 saturated carbocycles. The molecule has 1 aliphatic heterocycles. The maximum Gasteiger partial charge on any atom is 0.226 e. The highest BCUT2D eigenvalue weighted by atomic mass is 32.2. The fraction of sp³-hybridized carbons (Fsp3) is 0.348. The quantitative estimate of drug-likeness (QED) is 0.496. The minimum atomic E-state index is -0.300. The van der Waals surface area contributed by atoms with Crippen LogP contribution in [0.25, 0.3) is 11.5 Å². The van der Waals surface area contributed by atoms with E-state index in [1.807, 2.05) is 19.1 Å². The molecule has 6 heteroatoms. The van der Waals surface area contributed by atoms with Crippen LogP contribution in [0.5, 0.6) is 5.75 Å². The highest BCUT2D eigenvalue weighted by Gasteiger charge is 2.23. The van der Waals surface area contributed by atoms with Gasteiger partial charge in [-0.05, 0) is 62.4 Å². The van der Waals surface area contributed by atoms with E-state index in [0.29, 0.717) is 11.6 Å². The van der Waals surface area contributed by atoms with Crippen molar-refractivity contribution in [1.82, 2.24) is 9.88 Å². The lowest BCUT2D eigenvalue weighted by Crippen LogP contribution is -2.38. The number of halogens is 1. The summed E-state index contributed by atoms with van der Waals surface area (Å²) in [6.07, 6.45) is 3.85. The van der Waals surface area contributed by atoms with E-state index in [9.17, 15) is 4.39 Å². The molecule has 0 atom stereocenters. The molecule has 152 valence electrons. The highest BCUT2D eigenvalue weighted by molar-refractivity contribution is 7.98. The van der Waals surface area contributed by atoms with Gasteiger partial charge in [-0.1, -0.05) is 12.1 Å². The Labute approximate surface area is 175 Å². The number of nitrogens with zero attached hydrogens (tertiary/aromatic N) is 2. The Morgan fingerprint density at radius 1 is 1.14 bits per heavy atom. The third-order valence-corrected chi connectivity index (χ3v) is 6.01. The van der Waals surface area contributed by atoms with E-state index in [4.69, 9.17) is 14.1 Å². The van der Waals surface area contributed by atoms with Crippen molar-refractivity contribution in [2.45, 2.75) is 37.3 Å². The third-order valence-electron chi connectivity index (χ3n) is 5.27. The predicted molar refractivity (Wildman–Crippen MR) is 114 cm³/mol. The number of rotatable bonds is 6. The maximum atomic E-state index is 13.8. The second-order valence-electron chi connectivity index (χ2n) is 7.27. The number of aryl methyl sites for hydroxylation is 1. The van der Waals surface area contributed by atoms with Crippen LogP contribution in [0.2, 0.25) is 0 Å². The molecule has 0 spiro atoms. The molecule has 4 nitrogen and oxygen atoms in total. The summed E-state index contributed by atoms with van der Waals surface area (Å²) in [5, 5.41) is 0. The largest absolute Gasteiger partial charge is 0.487 e. The molecule has 29 heavy (non-hydrogen) atoms. The topological polar surface area (TPSA) is 38.5 Å². The van der Waals surface area contributed by atoms with Gasteiger partial charge in [0, 0.05) is 30.1 Å². The summed E-state index contributed by atoms with van der Waals surface area (Å²) in [4.78, 5) is 8.31. The van der Waals surface area contributed by atoms with Gasteiger partial charge >= 0.3 is 0 Å². The zero-order valence-corrected chi connectivity index (χ0v) is 17.5. The predicted octanol–water partition coefficient (Wildman–Crippen LogP) is 5.55. The van der Waals surface area contributed by atoms with Crippen LogP contribution in [-0.4, -0.2) is 35.3 Å². The average Bonchev–Trinajstić information content (AvgIpc) is 3.11. The molecule has 0 radical (unpaired) electrons. The third kappa shape index (κ3) is 4.82. The number of hydrogen-bond acceptors (Lipinski definition) is 5.